The molecule has 0 aliphatic carbocycles. The molecule has 1 aliphatic rings. The van der Waals surface area contributed by atoms with Crippen LogP contribution in [0.3, 0.4) is 0 Å². The molecule has 6 nitrogen and oxygen atoms in total. The van der Waals surface area contributed by atoms with Crippen LogP contribution in [0.1, 0.15) is 0 Å². The normalized spacial score (nSPS) is 15.7. The maximum Gasteiger partial charge on any atom is 0.247 e. The van der Waals surface area contributed by atoms with Crippen molar-refractivity contribution < 1.29 is 4.74 Å². The molecule has 19 heavy (non-hydrogen) atoms. The van der Waals surface area contributed by atoms with Crippen molar-refractivity contribution in [1.82, 2.24) is 14.8 Å². The van der Waals surface area contributed by atoms with E-state index in [2.05, 4.69) is 15.0 Å². The monoisotopic (exact) mass is 279 g/mol. The van der Waals surface area contributed by atoms with E-state index in [4.69, 9.17) is 22.1 Å². The predicted molar refractivity (Wildman–Crippen MR) is 73.8 cm³/mol. The molecule has 100 valence electrons. The summed E-state index contributed by atoms with van der Waals surface area (Å²) in [5.41, 5.74) is 6.76. The number of aromatic nitrogens is 3. The van der Waals surface area contributed by atoms with E-state index >= 15 is 0 Å². The van der Waals surface area contributed by atoms with Crippen LogP contribution in [-0.4, -0.2) is 41.1 Å². The summed E-state index contributed by atoms with van der Waals surface area (Å²) in [5.74, 6) is 1.000. The number of ether oxygens (including phenoxy) is 1. The molecule has 1 saturated heterocycles. The van der Waals surface area contributed by atoms with Gasteiger partial charge in [-0.2, -0.15) is 9.67 Å². The molecule has 1 fully saturated rings. The Morgan fingerprint density at radius 3 is 2.53 bits per heavy atom. The minimum atomic E-state index is 0.365. The molecular formula is C12H14ClN5O. The maximum absolute atomic E-state index is 5.92. The van der Waals surface area contributed by atoms with Crippen LogP contribution in [-0.2, 0) is 4.74 Å². The lowest BCUT2D eigenvalue weighted by molar-refractivity contribution is 0.122. The average Bonchev–Trinajstić information content (AvgIpc) is 2.83. The molecule has 2 N–H and O–H groups in total. The zero-order chi connectivity index (χ0) is 13.2. The van der Waals surface area contributed by atoms with Crippen molar-refractivity contribution >= 4 is 23.5 Å². The van der Waals surface area contributed by atoms with Gasteiger partial charge in [-0.15, -0.1) is 5.10 Å². The molecule has 0 amide bonds. The van der Waals surface area contributed by atoms with Crippen LogP contribution in [0.15, 0.2) is 24.3 Å². The Balaban J connectivity index is 1.90. The first kappa shape index (κ1) is 12.3. The van der Waals surface area contributed by atoms with Gasteiger partial charge in [0.15, 0.2) is 0 Å². The lowest BCUT2D eigenvalue weighted by Crippen LogP contribution is -2.37. The zero-order valence-electron chi connectivity index (χ0n) is 10.3. The summed E-state index contributed by atoms with van der Waals surface area (Å²) in [4.78, 5) is 6.36. The van der Waals surface area contributed by atoms with Crippen molar-refractivity contribution in [2.75, 3.05) is 36.9 Å². The highest BCUT2D eigenvalue weighted by molar-refractivity contribution is 6.30. The van der Waals surface area contributed by atoms with Crippen LogP contribution in [0.25, 0.3) is 5.69 Å². The van der Waals surface area contributed by atoms with Gasteiger partial charge in [-0.25, -0.2) is 0 Å². The fourth-order valence-corrected chi connectivity index (χ4v) is 2.11. The summed E-state index contributed by atoms with van der Waals surface area (Å²) in [6.45, 7) is 2.94. The Morgan fingerprint density at radius 2 is 1.84 bits per heavy atom. The van der Waals surface area contributed by atoms with E-state index in [9.17, 15) is 0 Å². The largest absolute Gasteiger partial charge is 0.378 e. The van der Waals surface area contributed by atoms with Crippen LogP contribution >= 0.6 is 11.6 Å². The fourth-order valence-electron chi connectivity index (χ4n) is 1.98. The summed E-state index contributed by atoms with van der Waals surface area (Å²) >= 11 is 5.87. The van der Waals surface area contributed by atoms with Crippen molar-refractivity contribution in [3.8, 4) is 5.69 Å². The summed E-state index contributed by atoms with van der Waals surface area (Å²) in [6.07, 6.45) is 0. The molecule has 0 spiro atoms. The van der Waals surface area contributed by atoms with Gasteiger partial charge in [-0.1, -0.05) is 11.6 Å². The molecule has 0 saturated carbocycles. The smallest absolute Gasteiger partial charge is 0.247 e. The SMILES string of the molecule is Nc1nc(N2CCOCC2)nn1-c1ccc(Cl)cc1. The van der Waals surface area contributed by atoms with Gasteiger partial charge in [0, 0.05) is 18.1 Å². The van der Waals surface area contributed by atoms with Gasteiger partial charge in [0.1, 0.15) is 0 Å². The van der Waals surface area contributed by atoms with Crippen LogP contribution in [0.5, 0.6) is 0 Å². The van der Waals surface area contributed by atoms with Crippen LogP contribution in [0.4, 0.5) is 11.9 Å². The van der Waals surface area contributed by atoms with Gasteiger partial charge < -0.3 is 15.4 Å². The zero-order valence-corrected chi connectivity index (χ0v) is 11.0. The fraction of sp³-hybridized carbons (Fsp3) is 0.333. The van der Waals surface area contributed by atoms with Crippen molar-refractivity contribution in [2.45, 2.75) is 0 Å². The van der Waals surface area contributed by atoms with E-state index in [-0.39, 0.29) is 0 Å². The quantitative estimate of drug-likeness (QED) is 0.898. The Morgan fingerprint density at radius 1 is 1.16 bits per heavy atom. The van der Waals surface area contributed by atoms with E-state index in [1.165, 1.54) is 0 Å². The van der Waals surface area contributed by atoms with Gasteiger partial charge >= 0.3 is 0 Å². The Kier molecular flexibility index (Phi) is 3.27. The standard InChI is InChI=1S/C12H14ClN5O/c13-9-1-3-10(4-2-9)18-11(14)15-12(16-18)17-5-7-19-8-6-17/h1-4H,5-8H2,(H2,14,15,16). The van der Waals surface area contributed by atoms with Crippen LogP contribution in [0, 0.1) is 0 Å². The number of hydrogen-bond acceptors (Lipinski definition) is 5. The van der Waals surface area contributed by atoms with Crippen LogP contribution in [0.2, 0.25) is 5.02 Å². The molecule has 0 radical (unpaired) electrons. The Bertz CT molecular complexity index is 562. The number of anilines is 2. The number of rotatable bonds is 2. The third kappa shape index (κ3) is 2.50. The van der Waals surface area contributed by atoms with Crippen molar-refractivity contribution in [1.29, 1.82) is 0 Å². The molecule has 1 aromatic carbocycles. The highest BCUT2D eigenvalue weighted by Gasteiger charge is 2.17. The minimum Gasteiger partial charge on any atom is -0.378 e. The Labute approximate surface area is 115 Å². The van der Waals surface area contributed by atoms with E-state index in [1.54, 1.807) is 16.8 Å². The third-order valence-corrected chi connectivity index (χ3v) is 3.24. The lowest BCUT2D eigenvalue weighted by atomic mass is 10.3. The predicted octanol–water partition coefficient (Wildman–Crippen LogP) is 1.34. The highest BCUT2D eigenvalue weighted by Crippen LogP contribution is 2.18. The number of nitrogens with two attached hydrogens (primary N) is 1. The molecule has 0 unspecified atom stereocenters. The number of nitrogens with zero attached hydrogens (tertiary/aromatic N) is 4. The number of benzene rings is 1. The molecule has 7 heteroatoms. The number of halogens is 1. The van der Waals surface area contributed by atoms with Crippen molar-refractivity contribution in [3.05, 3.63) is 29.3 Å². The molecular weight excluding hydrogens is 266 g/mol. The van der Waals surface area contributed by atoms with Gasteiger partial charge in [-0.3, -0.25) is 0 Å². The Hall–Kier alpha value is -1.79. The van der Waals surface area contributed by atoms with Gasteiger partial charge in [0.05, 0.1) is 18.9 Å². The first-order valence-corrected chi connectivity index (χ1v) is 6.43. The second kappa shape index (κ2) is 5.07. The van der Waals surface area contributed by atoms with Crippen molar-refractivity contribution in [2.24, 2.45) is 0 Å². The van der Waals surface area contributed by atoms with Crippen LogP contribution < -0.4 is 10.6 Å². The summed E-state index contributed by atoms with van der Waals surface area (Å²) in [5, 5.41) is 5.12. The average molecular weight is 280 g/mol. The van der Waals surface area contributed by atoms with Gasteiger partial charge in [-0.05, 0) is 24.3 Å². The second-order valence-corrected chi connectivity index (χ2v) is 4.69. The number of morpholine rings is 1. The van der Waals surface area contributed by atoms with E-state index in [0.29, 0.717) is 30.1 Å². The first-order chi connectivity index (χ1) is 9.24. The molecule has 1 aromatic heterocycles. The summed E-state index contributed by atoms with van der Waals surface area (Å²) in [7, 11) is 0. The van der Waals surface area contributed by atoms with Gasteiger partial charge in [0.25, 0.3) is 0 Å². The molecule has 0 bridgehead atoms. The molecule has 1 aliphatic heterocycles. The molecule has 3 rings (SSSR count). The maximum atomic E-state index is 5.92. The lowest BCUT2D eigenvalue weighted by Gasteiger charge is -2.25. The van der Waals surface area contributed by atoms with E-state index in [1.807, 2.05) is 12.1 Å². The summed E-state index contributed by atoms with van der Waals surface area (Å²) < 4.78 is 6.92. The number of hydrogen-bond donors (Lipinski definition) is 1. The third-order valence-electron chi connectivity index (χ3n) is 2.99. The van der Waals surface area contributed by atoms with Crippen molar-refractivity contribution in [3.63, 3.8) is 0 Å². The minimum absolute atomic E-state index is 0.365. The highest BCUT2D eigenvalue weighted by atomic mass is 35.5. The molecule has 2 aromatic rings. The number of nitrogen functional groups attached to an aromatic ring is 1. The van der Waals surface area contributed by atoms with E-state index < -0.39 is 0 Å². The van der Waals surface area contributed by atoms with E-state index in [0.717, 1.165) is 18.8 Å². The first-order valence-electron chi connectivity index (χ1n) is 6.05. The summed E-state index contributed by atoms with van der Waals surface area (Å²) in [6, 6.07) is 7.31. The second-order valence-electron chi connectivity index (χ2n) is 4.26. The molecule has 2 heterocycles. The molecule has 0 atom stereocenters. The topological polar surface area (TPSA) is 69.2 Å². The van der Waals surface area contributed by atoms with Gasteiger partial charge in [0.2, 0.25) is 11.9 Å².